The van der Waals surface area contributed by atoms with Gasteiger partial charge < -0.3 is 56.2 Å². The lowest BCUT2D eigenvalue weighted by Gasteiger charge is -2.47. The van der Waals surface area contributed by atoms with Crippen LogP contribution in [0.1, 0.15) is 118 Å². The van der Waals surface area contributed by atoms with Gasteiger partial charge in [-0.3, -0.25) is 29.8 Å². The molecule has 2 aliphatic carbocycles. The van der Waals surface area contributed by atoms with E-state index >= 15 is 0 Å². The molecule has 0 amide bonds. The predicted octanol–water partition coefficient (Wildman–Crippen LogP) is 7.63. The van der Waals surface area contributed by atoms with Gasteiger partial charge in [0.15, 0.2) is 63.6 Å². The van der Waals surface area contributed by atoms with Gasteiger partial charge in [0.2, 0.25) is 0 Å². The Morgan fingerprint density at radius 3 is 1.04 bits per heavy atom. The number of ether oxygens (including phenoxy) is 10. The highest BCUT2D eigenvalue weighted by molar-refractivity contribution is 6.74. The maximum atomic E-state index is 13.1. The number of carbonyl (C=O) groups excluding carboxylic acids is 4. The third kappa shape index (κ3) is 14.0. The van der Waals surface area contributed by atoms with Crippen molar-refractivity contribution in [2.24, 2.45) is 0 Å². The molecule has 2 aromatic carbocycles. The quantitative estimate of drug-likeness (QED) is 0.0942. The average Bonchev–Trinajstić information content (AvgIpc) is 4.03. The molecule has 6 fully saturated rings. The Kier molecular flexibility index (Phi) is 17.7. The van der Waals surface area contributed by atoms with Crippen LogP contribution in [0.3, 0.4) is 0 Å². The Morgan fingerprint density at radius 1 is 0.421 bits per heavy atom. The summed E-state index contributed by atoms with van der Waals surface area (Å²) in [5, 5.41) is 5.68. The van der Waals surface area contributed by atoms with Crippen molar-refractivity contribution in [2.45, 2.75) is 230 Å². The topological polar surface area (TPSA) is 203 Å². The summed E-state index contributed by atoms with van der Waals surface area (Å²) in [5.74, 6) is -4.79. The largest absolute Gasteiger partial charge is 0.456 e. The number of benzene rings is 2. The molecule has 8 rings (SSSR count). The Bertz CT molecular complexity index is 2340. The molecule has 4 heterocycles. The molecule has 2 unspecified atom stereocenters. The summed E-state index contributed by atoms with van der Waals surface area (Å²) in [4.78, 5) is 50.9. The van der Waals surface area contributed by atoms with Gasteiger partial charge in [-0.25, -0.2) is 0 Å². The molecule has 4 saturated heterocycles. The first-order valence-electron chi connectivity index (χ1n) is 26.7. The summed E-state index contributed by atoms with van der Waals surface area (Å²) in [6, 6.07) is 17.9. The SMILES string of the molecule is CC1(C)O[C@@H]2C(OC(=O)CNCC(=O)c3ccccc3)[C@@H]3OC(C)(C)O[C@H]3C(O[Si](C)(C)C(C)(C)C)[C@H]2O1.CC1(C)O[C@H]2[C@@H]3OC(C)(C)O[C@H]3[C@H](OC(=O)CNCC(=O)c3ccccc3)[C@@H](O[Si](C)(C)C(C)(C)C)[C@@H]2O1. The molecule has 4 aliphatic heterocycles. The molecule has 12 atom stereocenters. The van der Waals surface area contributed by atoms with Crippen molar-refractivity contribution in [3.05, 3.63) is 71.8 Å². The van der Waals surface area contributed by atoms with Crippen LogP contribution >= 0.6 is 0 Å². The number of carbonyl (C=O) groups is 4. The molecular formula is C56H86N2O16Si2. The van der Waals surface area contributed by atoms with E-state index in [2.05, 4.69) is 78.4 Å². The molecule has 2 saturated carbocycles. The van der Waals surface area contributed by atoms with Crippen LogP contribution in [0.5, 0.6) is 0 Å². The van der Waals surface area contributed by atoms with Gasteiger partial charge >= 0.3 is 11.9 Å². The lowest BCUT2D eigenvalue weighted by Crippen LogP contribution is -2.66. The summed E-state index contributed by atoms with van der Waals surface area (Å²) in [7, 11) is -4.57. The number of fused-ring (bicyclic) bond motifs is 5. The van der Waals surface area contributed by atoms with E-state index in [0.29, 0.717) is 11.1 Å². The lowest BCUT2D eigenvalue weighted by molar-refractivity contribution is -0.196. The Labute approximate surface area is 452 Å². The highest BCUT2D eigenvalue weighted by Gasteiger charge is 2.68. The minimum atomic E-state index is -2.33. The first-order valence-corrected chi connectivity index (χ1v) is 32.6. The molecule has 0 radical (unpaired) electrons. The number of ketones is 2. The summed E-state index contributed by atoms with van der Waals surface area (Å²) >= 11 is 0. The van der Waals surface area contributed by atoms with Crippen molar-refractivity contribution in [3.63, 3.8) is 0 Å². The normalized spacial score (nSPS) is 31.9. The molecule has 0 spiro atoms. The van der Waals surface area contributed by atoms with E-state index in [-0.39, 0.29) is 47.8 Å². The third-order valence-electron chi connectivity index (χ3n) is 15.6. The van der Waals surface area contributed by atoms with E-state index in [9.17, 15) is 19.2 Å². The second kappa shape index (κ2) is 22.3. The number of rotatable bonds is 16. The summed E-state index contributed by atoms with van der Waals surface area (Å²) in [6.45, 7) is 36.2. The Balaban J connectivity index is 0.000000221. The Morgan fingerprint density at radius 2 is 0.697 bits per heavy atom. The van der Waals surface area contributed by atoms with Crippen LogP contribution in [0.2, 0.25) is 36.3 Å². The second-order valence-electron chi connectivity index (χ2n) is 25.6. The number of nitrogens with one attached hydrogen (secondary N) is 2. The van der Waals surface area contributed by atoms with Crippen molar-refractivity contribution in [3.8, 4) is 0 Å². The van der Waals surface area contributed by atoms with Gasteiger partial charge in [-0.2, -0.15) is 0 Å². The second-order valence-corrected chi connectivity index (χ2v) is 35.2. The number of esters is 2. The summed E-state index contributed by atoms with van der Waals surface area (Å²) in [5.41, 5.74) is 1.16. The standard InChI is InChI=1S/2C28H43NO8Si/c1-26(2,3)38(8,9)37-25-20(32-19(31)16-29-15-18(30)17-13-11-10-12-14-17)21-22(34-27(4,5)33-21)23-24(25)36-28(6,7)35-23;1-26(2,3)38(8,9)37-25-23-21(33-27(4,5)35-23)20(22-24(25)36-28(6,7)34-22)32-19(31)16-29-15-18(30)17-13-11-10-12-14-17/h2*10-14,20-25,29H,15-16H2,1-9H3/t20-,21-,22+,23-,24+,25+;20?,21-,22+,23+,24-,25?/m0./s1. The minimum Gasteiger partial charge on any atom is -0.456 e. The Hall–Kier alpha value is -3.33. The van der Waals surface area contributed by atoms with E-state index in [0.717, 1.165) is 0 Å². The van der Waals surface area contributed by atoms with Crippen molar-refractivity contribution < 1.29 is 75.4 Å². The highest BCUT2D eigenvalue weighted by atomic mass is 28.4. The van der Waals surface area contributed by atoms with Crippen LogP contribution in [-0.4, -0.2) is 163 Å². The van der Waals surface area contributed by atoms with Crippen molar-refractivity contribution >= 4 is 40.1 Å². The van der Waals surface area contributed by atoms with Crippen LogP contribution in [0.4, 0.5) is 0 Å². The zero-order valence-electron chi connectivity index (χ0n) is 48.1. The maximum Gasteiger partial charge on any atom is 0.320 e. The third-order valence-corrected chi connectivity index (χ3v) is 24.5. The molecule has 76 heavy (non-hydrogen) atoms. The van der Waals surface area contributed by atoms with Gasteiger partial charge in [0.1, 0.15) is 61.0 Å². The van der Waals surface area contributed by atoms with Gasteiger partial charge in [-0.05, 0) is 91.7 Å². The fourth-order valence-electron chi connectivity index (χ4n) is 10.0. The van der Waals surface area contributed by atoms with E-state index in [4.69, 9.17) is 56.2 Å². The first-order chi connectivity index (χ1) is 35.0. The first kappa shape index (κ1) is 60.3. The summed E-state index contributed by atoms with van der Waals surface area (Å²) < 4.78 is 76.4. The van der Waals surface area contributed by atoms with E-state index < -0.39 is 125 Å². The van der Waals surface area contributed by atoms with Crippen molar-refractivity contribution in [1.29, 1.82) is 0 Å². The smallest absolute Gasteiger partial charge is 0.320 e. The molecule has 18 nitrogen and oxygen atoms in total. The van der Waals surface area contributed by atoms with Gasteiger partial charge in [0.25, 0.3) is 0 Å². The zero-order chi connectivity index (χ0) is 56.2. The molecule has 20 heteroatoms. The molecule has 424 valence electrons. The lowest BCUT2D eigenvalue weighted by atomic mass is 9.85. The molecule has 6 aliphatic rings. The molecule has 2 aromatic rings. The minimum absolute atomic E-state index is 0.0161. The average molecular weight is 1100 g/mol. The van der Waals surface area contributed by atoms with E-state index in [1.807, 2.05) is 67.5 Å². The summed E-state index contributed by atoms with van der Waals surface area (Å²) in [6.07, 6.45) is -6.90. The van der Waals surface area contributed by atoms with Crippen molar-refractivity contribution in [1.82, 2.24) is 10.6 Å². The van der Waals surface area contributed by atoms with Gasteiger partial charge in [-0.1, -0.05) is 102 Å². The van der Waals surface area contributed by atoms with E-state index in [1.165, 1.54) is 0 Å². The fraction of sp³-hybridized carbons (Fsp3) is 0.714. The molecule has 0 bridgehead atoms. The van der Waals surface area contributed by atoms with Gasteiger partial charge in [-0.15, -0.1) is 0 Å². The van der Waals surface area contributed by atoms with Crippen LogP contribution in [0.15, 0.2) is 60.7 Å². The fourth-order valence-corrected chi connectivity index (χ4v) is 12.6. The van der Waals surface area contributed by atoms with Gasteiger partial charge in [0.05, 0.1) is 26.2 Å². The highest BCUT2D eigenvalue weighted by Crippen LogP contribution is 2.51. The molecule has 2 N–H and O–H groups in total. The monoisotopic (exact) mass is 1100 g/mol. The number of hydrogen-bond donors (Lipinski definition) is 2. The van der Waals surface area contributed by atoms with Crippen molar-refractivity contribution in [2.75, 3.05) is 26.2 Å². The maximum absolute atomic E-state index is 13.1. The van der Waals surface area contributed by atoms with Crippen LogP contribution in [0, 0.1) is 0 Å². The van der Waals surface area contributed by atoms with Crippen LogP contribution in [0.25, 0.3) is 0 Å². The molecule has 0 aromatic heterocycles. The van der Waals surface area contributed by atoms with Crippen LogP contribution < -0.4 is 10.6 Å². The number of Topliss-reactive ketones (excluding diaryl/α,β-unsaturated/α-hetero) is 2. The predicted molar refractivity (Wildman–Crippen MR) is 286 cm³/mol. The van der Waals surface area contributed by atoms with Crippen LogP contribution in [-0.2, 0) is 65.8 Å². The van der Waals surface area contributed by atoms with Gasteiger partial charge in [0, 0.05) is 11.1 Å². The molecular weight excluding hydrogens is 1010 g/mol. The van der Waals surface area contributed by atoms with E-state index in [1.54, 1.807) is 48.5 Å². The number of hydrogen-bond acceptors (Lipinski definition) is 18. The zero-order valence-corrected chi connectivity index (χ0v) is 50.1.